The summed E-state index contributed by atoms with van der Waals surface area (Å²) in [4.78, 5) is 28.5. The second kappa shape index (κ2) is 7.42. The van der Waals surface area contributed by atoms with Crippen LogP contribution < -0.4 is 4.74 Å². The molecule has 8 nitrogen and oxygen atoms in total. The Morgan fingerprint density at radius 1 is 1.16 bits per heavy atom. The summed E-state index contributed by atoms with van der Waals surface area (Å²) in [5, 5.41) is 4.28. The van der Waals surface area contributed by atoms with Crippen molar-refractivity contribution >= 4 is 11.8 Å². The summed E-state index contributed by atoms with van der Waals surface area (Å²) < 4.78 is 12.3. The predicted octanol–water partition coefficient (Wildman–Crippen LogP) is 1.49. The van der Waals surface area contributed by atoms with E-state index in [9.17, 15) is 9.59 Å². The Kier molecular flexibility index (Phi) is 5.06. The maximum absolute atomic E-state index is 12.8. The second-order valence-corrected chi connectivity index (χ2v) is 5.70. The summed E-state index contributed by atoms with van der Waals surface area (Å²) in [5.41, 5.74) is 0.467. The minimum Gasteiger partial charge on any atom is -0.476 e. The average molecular weight is 346 g/mol. The van der Waals surface area contributed by atoms with Crippen molar-refractivity contribution in [1.29, 1.82) is 0 Å². The van der Waals surface area contributed by atoms with Gasteiger partial charge in [0.25, 0.3) is 11.8 Å². The van der Waals surface area contributed by atoms with Crippen LogP contribution in [-0.4, -0.2) is 64.2 Å². The molecular weight excluding hydrogens is 324 g/mol. The first-order chi connectivity index (χ1) is 12.1. The van der Waals surface area contributed by atoms with Gasteiger partial charge in [0, 0.05) is 38.9 Å². The fraction of sp³-hybridized carbons (Fsp3) is 0.471. The zero-order valence-electron chi connectivity index (χ0n) is 14.5. The number of piperazine rings is 1. The van der Waals surface area contributed by atoms with Crippen LogP contribution in [0.1, 0.15) is 34.8 Å². The maximum Gasteiger partial charge on any atom is 0.289 e. The van der Waals surface area contributed by atoms with Crippen LogP contribution in [0.5, 0.6) is 5.88 Å². The Morgan fingerprint density at radius 2 is 1.84 bits per heavy atom. The highest BCUT2D eigenvalue weighted by atomic mass is 16.5. The van der Waals surface area contributed by atoms with Crippen molar-refractivity contribution in [2.24, 2.45) is 0 Å². The number of ether oxygens (including phenoxy) is 1. The van der Waals surface area contributed by atoms with Crippen molar-refractivity contribution in [3.8, 4) is 5.88 Å². The van der Waals surface area contributed by atoms with Crippen LogP contribution in [0.15, 0.2) is 29.0 Å². The zero-order chi connectivity index (χ0) is 17.8. The Morgan fingerprint density at radius 3 is 2.40 bits per heavy atom. The molecule has 0 unspecified atom stereocenters. The lowest BCUT2D eigenvalue weighted by Gasteiger charge is -2.34. The van der Waals surface area contributed by atoms with E-state index in [1.165, 1.54) is 6.26 Å². The molecule has 25 heavy (non-hydrogen) atoms. The van der Waals surface area contributed by atoms with Gasteiger partial charge in [0.2, 0.25) is 5.88 Å². The van der Waals surface area contributed by atoms with Crippen LogP contribution in [0.3, 0.4) is 0 Å². The van der Waals surface area contributed by atoms with Gasteiger partial charge < -0.3 is 19.0 Å². The highest BCUT2D eigenvalue weighted by Crippen LogP contribution is 2.20. The largest absolute Gasteiger partial charge is 0.476 e. The van der Waals surface area contributed by atoms with Gasteiger partial charge in [-0.25, -0.2) is 0 Å². The van der Waals surface area contributed by atoms with Crippen LogP contribution in [0.2, 0.25) is 0 Å². The first-order valence-corrected chi connectivity index (χ1v) is 8.46. The van der Waals surface area contributed by atoms with Crippen LogP contribution >= 0.6 is 0 Å². The molecule has 1 saturated heterocycles. The lowest BCUT2D eigenvalue weighted by molar-refractivity contribution is 0.0516. The van der Waals surface area contributed by atoms with E-state index in [1.807, 2.05) is 13.8 Å². The minimum absolute atomic E-state index is 0.117. The van der Waals surface area contributed by atoms with Crippen molar-refractivity contribution in [3.63, 3.8) is 0 Å². The molecule has 0 radical (unpaired) electrons. The summed E-state index contributed by atoms with van der Waals surface area (Å²) in [7, 11) is 0. The number of furan rings is 1. The van der Waals surface area contributed by atoms with Crippen LogP contribution in [0, 0.1) is 0 Å². The Hall–Kier alpha value is -2.77. The molecule has 134 valence electrons. The molecule has 2 aromatic heterocycles. The molecule has 0 bridgehead atoms. The molecule has 1 aliphatic heterocycles. The van der Waals surface area contributed by atoms with E-state index in [0.717, 1.165) is 0 Å². The highest BCUT2D eigenvalue weighted by Gasteiger charge is 2.29. The normalized spacial score (nSPS) is 14.6. The number of aromatic nitrogens is 2. The summed E-state index contributed by atoms with van der Waals surface area (Å²) in [6, 6.07) is 3.33. The monoisotopic (exact) mass is 346 g/mol. The molecule has 2 aromatic rings. The zero-order valence-corrected chi connectivity index (χ0v) is 14.5. The van der Waals surface area contributed by atoms with Gasteiger partial charge in [-0.05, 0) is 26.0 Å². The molecule has 0 aliphatic carbocycles. The topological polar surface area (TPSA) is 80.8 Å². The second-order valence-electron chi connectivity index (χ2n) is 5.70. The van der Waals surface area contributed by atoms with E-state index in [1.54, 1.807) is 32.8 Å². The molecule has 0 N–H and O–H groups in total. The predicted molar refractivity (Wildman–Crippen MR) is 89.6 cm³/mol. The number of hydrogen-bond donors (Lipinski definition) is 0. The van der Waals surface area contributed by atoms with Gasteiger partial charge in [-0.15, -0.1) is 5.10 Å². The lowest BCUT2D eigenvalue weighted by Crippen LogP contribution is -2.50. The van der Waals surface area contributed by atoms with E-state index in [4.69, 9.17) is 9.15 Å². The molecule has 0 saturated carbocycles. The summed E-state index contributed by atoms with van der Waals surface area (Å²) in [6.45, 7) is 6.80. The summed E-state index contributed by atoms with van der Waals surface area (Å²) in [5.74, 6) is 0.422. The average Bonchev–Trinajstić information content (AvgIpc) is 3.31. The molecule has 8 heteroatoms. The quantitative estimate of drug-likeness (QED) is 0.819. The van der Waals surface area contributed by atoms with Gasteiger partial charge in [-0.2, -0.15) is 0 Å². The first-order valence-electron chi connectivity index (χ1n) is 8.46. The van der Waals surface area contributed by atoms with Gasteiger partial charge in [-0.3, -0.25) is 14.3 Å². The molecule has 0 aromatic carbocycles. The molecular formula is C17H22N4O4. The Balaban J connectivity index is 1.65. The maximum atomic E-state index is 12.8. The smallest absolute Gasteiger partial charge is 0.289 e. The number of hydrogen-bond acceptors (Lipinski definition) is 5. The van der Waals surface area contributed by atoms with E-state index in [0.29, 0.717) is 56.5 Å². The van der Waals surface area contributed by atoms with Crippen LogP contribution in [0.4, 0.5) is 0 Å². The van der Waals surface area contributed by atoms with Crippen molar-refractivity contribution in [2.75, 3.05) is 32.8 Å². The number of carbonyl (C=O) groups excluding carboxylic acids is 2. The highest BCUT2D eigenvalue weighted by molar-refractivity contribution is 5.96. The third-order valence-corrected chi connectivity index (χ3v) is 4.15. The van der Waals surface area contributed by atoms with E-state index >= 15 is 0 Å². The third-order valence-electron chi connectivity index (χ3n) is 4.15. The van der Waals surface area contributed by atoms with Crippen LogP contribution in [0.25, 0.3) is 0 Å². The van der Waals surface area contributed by atoms with Gasteiger partial charge >= 0.3 is 0 Å². The van der Waals surface area contributed by atoms with Crippen molar-refractivity contribution in [1.82, 2.24) is 19.6 Å². The standard InChI is InChI=1S/C17H22N4O4/c1-3-21-12-13(15(18-21)24-4-2)16(22)19-7-9-20(10-8-19)17(23)14-6-5-11-25-14/h5-6,11-12H,3-4,7-10H2,1-2H3. The third kappa shape index (κ3) is 3.52. The fourth-order valence-electron chi connectivity index (χ4n) is 2.79. The molecule has 3 heterocycles. The summed E-state index contributed by atoms with van der Waals surface area (Å²) in [6.07, 6.45) is 3.20. The number of aryl methyl sites for hydroxylation is 1. The minimum atomic E-state index is -0.147. The first kappa shape index (κ1) is 17.1. The number of nitrogens with zero attached hydrogens (tertiary/aromatic N) is 4. The molecule has 0 spiro atoms. The summed E-state index contributed by atoms with van der Waals surface area (Å²) >= 11 is 0. The molecule has 1 fully saturated rings. The van der Waals surface area contributed by atoms with Gasteiger partial charge in [0.1, 0.15) is 5.56 Å². The SMILES string of the molecule is CCOc1nn(CC)cc1C(=O)N1CCN(C(=O)c2ccco2)CC1. The van der Waals surface area contributed by atoms with Gasteiger partial charge in [-0.1, -0.05) is 0 Å². The van der Waals surface area contributed by atoms with Crippen LogP contribution in [-0.2, 0) is 6.54 Å². The van der Waals surface area contributed by atoms with Gasteiger partial charge in [0.15, 0.2) is 5.76 Å². The Bertz CT molecular complexity index is 730. The molecule has 2 amide bonds. The van der Waals surface area contributed by atoms with Crippen molar-refractivity contribution < 1.29 is 18.7 Å². The Labute approximate surface area is 145 Å². The van der Waals surface area contributed by atoms with Crippen molar-refractivity contribution in [2.45, 2.75) is 20.4 Å². The number of carbonyl (C=O) groups is 2. The van der Waals surface area contributed by atoms with E-state index in [2.05, 4.69) is 5.10 Å². The lowest BCUT2D eigenvalue weighted by atomic mass is 10.2. The molecule has 3 rings (SSSR count). The van der Waals surface area contributed by atoms with Gasteiger partial charge in [0.05, 0.1) is 12.9 Å². The van der Waals surface area contributed by atoms with E-state index in [-0.39, 0.29) is 11.8 Å². The van der Waals surface area contributed by atoms with Crippen molar-refractivity contribution in [3.05, 3.63) is 35.9 Å². The molecule has 0 atom stereocenters. The molecule has 1 aliphatic rings. The number of amides is 2. The fourth-order valence-corrected chi connectivity index (χ4v) is 2.79. The van der Waals surface area contributed by atoms with E-state index < -0.39 is 0 Å². The number of rotatable bonds is 5.